The van der Waals surface area contributed by atoms with Gasteiger partial charge in [0.1, 0.15) is 0 Å². The second-order valence-corrected chi connectivity index (χ2v) is 12.4. The van der Waals surface area contributed by atoms with Crippen molar-refractivity contribution >= 4 is 26.3 Å². The molecule has 0 spiro atoms. The van der Waals surface area contributed by atoms with Gasteiger partial charge in [0.2, 0.25) is 0 Å². The summed E-state index contributed by atoms with van der Waals surface area (Å²) < 4.78 is 0. The Hall–Kier alpha value is -1.04. The monoisotopic (exact) mass is 422 g/mol. The Morgan fingerprint density at radius 3 is 1.36 bits per heavy atom. The zero-order valence-corrected chi connectivity index (χ0v) is 16.2. The van der Waals surface area contributed by atoms with Gasteiger partial charge in [-0.1, -0.05) is 0 Å². The molecule has 0 heterocycles. The van der Waals surface area contributed by atoms with Crippen LogP contribution in [0.5, 0.6) is 0 Å². The molecule has 0 aliphatic rings. The van der Waals surface area contributed by atoms with Crippen molar-refractivity contribution in [3.05, 3.63) is 97.1 Å². The number of benzene rings is 2. The molecule has 0 aliphatic heterocycles. The zero-order valence-electron chi connectivity index (χ0n) is 12.7. The Morgan fingerprint density at radius 1 is 0.682 bits per heavy atom. The van der Waals surface area contributed by atoms with Gasteiger partial charge in [-0.3, -0.25) is 0 Å². The van der Waals surface area contributed by atoms with Gasteiger partial charge >= 0.3 is 146 Å². The third-order valence-electron chi connectivity index (χ3n) is 3.39. The summed E-state index contributed by atoms with van der Waals surface area (Å²) in [5.74, 6) is 0. The van der Waals surface area contributed by atoms with Crippen LogP contribution in [0.3, 0.4) is 0 Å². The Balaban J connectivity index is 2.06. The molecule has 0 nitrogen and oxygen atoms in total. The van der Waals surface area contributed by atoms with Gasteiger partial charge in [-0.05, 0) is 0 Å². The molecule has 114 valence electrons. The van der Waals surface area contributed by atoms with E-state index in [9.17, 15) is 0 Å². The Morgan fingerprint density at radius 2 is 1.05 bits per heavy atom. The van der Waals surface area contributed by atoms with E-state index in [-0.39, 0.29) is 0 Å². The van der Waals surface area contributed by atoms with Crippen molar-refractivity contribution in [3.63, 3.8) is 0 Å². The van der Waals surface area contributed by atoms with E-state index in [0.717, 1.165) is 12.8 Å². The van der Waals surface area contributed by atoms with Crippen LogP contribution in [-0.4, -0.2) is 26.3 Å². The van der Waals surface area contributed by atoms with Gasteiger partial charge in [0, 0.05) is 0 Å². The van der Waals surface area contributed by atoms with E-state index in [0.29, 0.717) is 35.9 Å². The summed E-state index contributed by atoms with van der Waals surface area (Å²) >= 11 is 1.23. The average Bonchev–Trinajstić information content (AvgIpc) is 2.59. The maximum absolute atomic E-state index is 3.95. The van der Waals surface area contributed by atoms with Gasteiger partial charge in [-0.15, -0.1) is 0 Å². The molecule has 2 heteroatoms. The SMILES string of the molecule is C=CCC([Se][Se]C(CC=C)c1ccccc1)c1ccccc1. The van der Waals surface area contributed by atoms with Crippen molar-refractivity contribution in [2.24, 2.45) is 0 Å². The van der Waals surface area contributed by atoms with E-state index in [2.05, 4.69) is 86.0 Å². The van der Waals surface area contributed by atoms with Crippen LogP contribution in [0.2, 0.25) is 0 Å². The van der Waals surface area contributed by atoms with E-state index < -0.39 is 0 Å². The molecule has 2 unspecified atom stereocenters. The Bertz CT molecular complexity index is 509. The fourth-order valence-electron chi connectivity index (χ4n) is 2.23. The fourth-order valence-corrected chi connectivity index (χ4v) is 11.9. The summed E-state index contributed by atoms with van der Waals surface area (Å²) in [7, 11) is 0. The van der Waals surface area contributed by atoms with Crippen molar-refractivity contribution in [2.75, 3.05) is 0 Å². The Labute approximate surface area is 145 Å². The predicted molar refractivity (Wildman–Crippen MR) is 99.5 cm³/mol. The summed E-state index contributed by atoms with van der Waals surface area (Å²) in [6, 6.07) is 21.8. The van der Waals surface area contributed by atoms with Crippen LogP contribution in [-0.2, 0) is 0 Å². The van der Waals surface area contributed by atoms with Crippen LogP contribution in [0.15, 0.2) is 86.0 Å². The molecular formula is C20H22Se2. The van der Waals surface area contributed by atoms with E-state index in [1.54, 1.807) is 0 Å². The minimum absolute atomic E-state index is 0.617. The van der Waals surface area contributed by atoms with Crippen LogP contribution in [0.4, 0.5) is 0 Å². The van der Waals surface area contributed by atoms with Crippen LogP contribution in [0.1, 0.15) is 33.6 Å². The van der Waals surface area contributed by atoms with E-state index in [4.69, 9.17) is 0 Å². The molecule has 22 heavy (non-hydrogen) atoms. The summed E-state index contributed by atoms with van der Waals surface area (Å²) in [5, 5.41) is 0. The van der Waals surface area contributed by atoms with Gasteiger partial charge in [0.05, 0.1) is 0 Å². The van der Waals surface area contributed by atoms with E-state index >= 15 is 0 Å². The molecule has 2 atom stereocenters. The topological polar surface area (TPSA) is 0 Å². The normalized spacial score (nSPS) is 13.3. The molecule has 2 aromatic rings. The molecule has 2 rings (SSSR count). The number of allylic oxidation sites excluding steroid dienone is 2. The zero-order chi connectivity index (χ0) is 15.6. The van der Waals surface area contributed by atoms with Gasteiger partial charge in [0.15, 0.2) is 0 Å². The van der Waals surface area contributed by atoms with Crippen molar-refractivity contribution in [3.8, 4) is 0 Å². The fraction of sp³-hybridized carbons (Fsp3) is 0.200. The first kappa shape index (κ1) is 17.3. The van der Waals surface area contributed by atoms with Crippen LogP contribution >= 0.6 is 0 Å². The standard InChI is InChI=1S/C20H22Se2/c1-3-11-19(17-13-7-5-8-14-17)21-22-20(12-4-2)18-15-9-6-10-16-18/h3-10,13-16,19-20H,1-2,11-12H2. The molecule has 0 bridgehead atoms. The second-order valence-electron chi connectivity index (χ2n) is 5.04. The average molecular weight is 420 g/mol. The molecule has 0 saturated carbocycles. The van der Waals surface area contributed by atoms with Crippen LogP contribution in [0, 0.1) is 0 Å². The molecule has 0 aliphatic carbocycles. The van der Waals surface area contributed by atoms with Gasteiger partial charge in [0.25, 0.3) is 0 Å². The quantitative estimate of drug-likeness (QED) is 0.398. The summed E-state index contributed by atoms with van der Waals surface area (Å²) in [6.45, 7) is 7.90. The van der Waals surface area contributed by atoms with Crippen LogP contribution < -0.4 is 0 Å². The molecule has 0 saturated heterocycles. The third-order valence-corrected chi connectivity index (χ3v) is 12.8. The third kappa shape index (κ3) is 5.30. The predicted octanol–water partition coefficient (Wildman–Crippen LogP) is 4.94. The molecule has 0 fully saturated rings. The molecule has 0 radical (unpaired) electrons. The minimum atomic E-state index is 0.617. The van der Waals surface area contributed by atoms with E-state index in [1.165, 1.54) is 11.1 Å². The number of rotatable bonds is 9. The first-order valence-corrected chi connectivity index (χ1v) is 13.8. The maximum atomic E-state index is 3.95. The second kappa shape index (κ2) is 9.87. The summed E-state index contributed by atoms with van der Waals surface area (Å²) in [5.41, 5.74) is 2.93. The molecular weight excluding hydrogens is 398 g/mol. The van der Waals surface area contributed by atoms with Gasteiger partial charge < -0.3 is 0 Å². The van der Waals surface area contributed by atoms with Crippen LogP contribution in [0.25, 0.3) is 0 Å². The van der Waals surface area contributed by atoms with E-state index in [1.807, 2.05) is 0 Å². The molecule has 0 N–H and O–H groups in total. The molecule has 2 aromatic carbocycles. The summed E-state index contributed by atoms with van der Waals surface area (Å²) in [6.07, 6.45) is 6.31. The first-order valence-electron chi connectivity index (χ1n) is 7.49. The van der Waals surface area contributed by atoms with Crippen molar-refractivity contribution in [2.45, 2.75) is 22.5 Å². The van der Waals surface area contributed by atoms with Gasteiger partial charge in [-0.25, -0.2) is 0 Å². The number of hydrogen-bond acceptors (Lipinski definition) is 0. The molecule has 0 amide bonds. The Kier molecular flexibility index (Phi) is 7.77. The van der Waals surface area contributed by atoms with Crippen molar-refractivity contribution < 1.29 is 0 Å². The number of hydrogen-bond donors (Lipinski definition) is 0. The van der Waals surface area contributed by atoms with Crippen molar-refractivity contribution in [1.29, 1.82) is 0 Å². The first-order chi connectivity index (χ1) is 10.8. The molecule has 0 aromatic heterocycles. The summed E-state index contributed by atoms with van der Waals surface area (Å²) in [4.78, 5) is 1.31. The van der Waals surface area contributed by atoms with Crippen molar-refractivity contribution in [1.82, 2.24) is 0 Å². The van der Waals surface area contributed by atoms with Gasteiger partial charge in [-0.2, -0.15) is 0 Å².